The van der Waals surface area contributed by atoms with E-state index >= 15 is 0 Å². The summed E-state index contributed by atoms with van der Waals surface area (Å²) in [5, 5.41) is 12.0. The molecular formula is C13H19NO4. The first-order valence-corrected chi connectivity index (χ1v) is 5.88. The molecule has 100 valence electrons. The van der Waals surface area contributed by atoms with Crippen molar-refractivity contribution in [3.05, 3.63) is 29.8 Å². The predicted octanol–water partition coefficient (Wildman–Crippen LogP) is 1.85. The minimum Gasteiger partial charge on any atom is -0.478 e. The van der Waals surface area contributed by atoms with Crippen molar-refractivity contribution in [1.82, 2.24) is 0 Å². The minimum atomic E-state index is -0.915. The normalized spacial score (nSPS) is 10.3. The van der Waals surface area contributed by atoms with Crippen LogP contribution in [0.4, 0.5) is 5.69 Å². The Hall–Kier alpha value is -1.59. The zero-order chi connectivity index (χ0) is 13.2. The molecule has 18 heavy (non-hydrogen) atoms. The second kappa shape index (κ2) is 8.49. The van der Waals surface area contributed by atoms with Gasteiger partial charge in [-0.3, -0.25) is 0 Å². The van der Waals surface area contributed by atoms with E-state index in [-0.39, 0.29) is 5.56 Å². The molecule has 5 heteroatoms. The van der Waals surface area contributed by atoms with E-state index < -0.39 is 5.97 Å². The van der Waals surface area contributed by atoms with Crippen LogP contribution in [0.1, 0.15) is 16.8 Å². The molecule has 1 aromatic rings. The third-order valence-electron chi connectivity index (χ3n) is 2.34. The average Bonchev–Trinajstić information content (AvgIpc) is 2.38. The SMILES string of the molecule is COCCOCCCNc1cccc(C(=O)O)c1. The predicted molar refractivity (Wildman–Crippen MR) is 69.2 cm³/mol. The molecule has 5 nitrogen and oxygen atoms in total. The number of nitrogens with one attached hydrogen (secondary N) is 1. The molecular weight excluding hydrogens is 234 g/mol. The van der Waals surface area contributed by atoms with Crippen molar-refractivity contribution in [1.29, 1.82) is 0 Å². The van der Waals surface area contributed by atoms with Gasteiger partial charge >= 0.3 is 5.97 Å². The third kappa shape index (κ3) is 5.65. The lowest BCUT2D eigenvalue weighted by Crippen LogP contribution is -2.08. The molecule has 0 bridgehead atoms. The molecule has 0 atom stereocenters. The van der Waals surface area contributed by atoms with Crippen LogP contribution in [0.25, 0.3) is 0 Å². The fourth-order valence-electron chi connectivity index (χ4n) is 1.41. The summed E-state index contributed by atoms with van der Waals surface area (Å²) in [4.78, 5) is 10.8. The monoisotopic (exact) mass is 253 g/mol. The van der Waals surface area contributed by atoms with Crippen molar-refractivity contribution >= 4 is 11.7 Å². The van der Waals surface area contributed by atoms with Gasteiger partial charge in [0.05, 0.1) is 18.8 Å². The fourth-order valence-corrected chi connectivity index (χ4v) is 1.41. The summed E-state index contributed by atoms with van der Waals surface area (Å²) < 4.78 is 10.2. The van der Waals surface area contributed by atoms with Gasteiger partial charge < -0.3 is 19.9 Å². The average molecular weight is 253 g/mol. The van der Waals surface area contributed by atoms with Crippen molar-refractivity contribution < 1.29 is 19.4 Å². The van der Waals surface area contributed by atoms with Crippen LogP contribution in [0.5, 0.6) is 0 Å². The van der Waals surface area contributed by atoms with Gasteiger partial charge in [0.25, 0.3) is 0 Å². The first-order chi connectivity index (χ1) is 8.74. The molecule has 0 saturated heterocycles. The number of anilines is 1. The van der Waals surface area contributed by atoms with Gasteiger partial charge in [0.2, 0.25) is 0 Å². The van der Waals surface area contributed by atoms with Gasteiger partial charge in [-0.15, -0.1) is 0 Å². The van der Waals surface area contributed by atoms with E-state index in [1.54, 1.807) is 25.3 Å². The summed E-state index contributed by atoms with van der Waals surface area (Å²) in [6.45, 7) is 2.62. The van der Waals surface area contributed by atoms with E-state index in [1.807, 2.05) is 6.07 Å². The summed E-state index contributed by atoms with van der Waals surface area (Å²) in [7, 11) is 1.64. The molecule has 0 aliphatic carbocycles. The molecule has 0 radical (unpaired) electrons. The molecule has 1 aromatic carbocycles. The van der Waals surface area contributed by atoms with Crippen LogP contribution in [0.2, 0.25) is 0 Å². The molecule has 2 N–H and O–H groups in total. The summed E-state index contributed by atoms with van der Waals surface area (Å²) in [6.07, 6.45) is 0.862. The van der Waals surface area contributed by atoms with E-state index in [0.717, 1.165) is 18.7 Å². The van der Waals surface area contributed by atoms with Gasteiger partial charge in [0.1, 0.15) is 0 Å². The first-order valence-electron chi connectivity index (χ1n) is 5.88. The summed E-state index contributed by atoms with van der Waals surface area (Å²) in [5.41, 5.74) is 1.10. The number of carboxylic acid groups (broad SMARTS) is 1. The summed E-state index contributed by atoms with van der Waals surface area (Å²) in [5.74, 6) is -0.915. The number of carbonyl (C=O) groups is 1. The number of rotatable bonds is 9. The zero-order valence-corrected chi connectivity index (χ0v) is 10.5. The van der Waals surface area contributed by atoms with Crippen LogP contribution in [0.15, 0.2) is 24.3 Å². The van der Waals surface area contributed by atoms with Gasteiger partial charge in [-0.2, -0.15) is 0 Å². The lowest BCUT2D eigenvalue weighted by Gasteiger charge is -2.07. The third-order valence-corrected chi connectivity index (χ3v) is 2.34. The number of hydrogen-bond acceptors (Lipinski definition) is 4. The largest absolute Gasteiger partial charge is 0.478 e. The highest BCUT2D eigenvalue weighted by Gasteiger charge is 2.02. The molecule has 0 saturated carbocycles. The minimum absolute atomic E-state index is 0.288. The maximum atomic E-state index is 10.8. The highest BCUT2D eigenvalue weighted by atomic mass is 16.5. The summed E-state index contributed by atoms with van der Waals surface area (Å²) in [6, 6.07) is 6.76. The second-order valence-electron chi connectivity index (χ2n) is 3.77. The number of aromatic carboxylic acids is 1. The number of carboxylic acids is 1. The Bertz CT molecular complexity index is 368. The molecule has 0 amide bonds. The van der Waals surface area contributed by atoms with Crippen LogP contribution in [-0.2, 0) is 9.47 Å². The van der Waals surface area contributed by atoms with Gasteiger partial charge in [-0.05, 0) is 24.6 Å². The van der Waals surface area contributed by atoms with Crippen molar-refractivity contribution in [3.8, 4) is 0 Å². The topological polar surface area (TPSA) is 67.8 Å². The Labute approximate surface area is 107 Å². The van der Waals surface area contributed by atoms with Crippen molar-refractivity contribution in [2.75, 3.05) is 38.8 Å². The van der Waals surface area contributed by atoms with Crippen molar-refractivity contribution in [2.45, 2.75) is 6.42 Å². The van der Waals surface area contributed by atoms with E-state index in [4.69, 9.17) is 14.6 Å². The molecule has 1 rings (SSSR count). The first kappa shape index (κ1) is 14.5. The lowest BCUT2D eigenvalue weighted by molar-refractivity contribution is 0.0696. The smallest absolute Gasteiger partial charge is 0.335 e. The van der Waals surface area contributed by atoms with Crippen LogP contribution in [-0.4, -0.2) is 44.6 Å². The van der Waals surface area contributed by atoms with E-state index in [9.17, 15) is 4.79 Å². The molecule has 0 aliphatic heterocycles. The van der Waals surface area contributed by atoms with Crippen LogP contribution >= 0.6 is 0 Å². The molecule has 0 aromatic heterocycles. The van der Waals surface area contributed by atoms with Gasteiger partial charge in [-0.1, -0.05) is 6.07 Å². The maximum absolute atomic E-state index is 10.8. The molecule has 0 spiro atoms. The van der Waals surface area contributed by atoms with Crippen LogP contribution in [0, 0.1) is 0 Å². The quantitative estimate of drug-likeness (QED) is 0.657. The van der Waals surface area contributed by atoms with Crippen LogP contribution < -0.4 is 5.32 Å². The van der Waals surface area contributed by atoms with Gasteiger partial charge in [-0.25, -0.2) is 4.79 Å². The number of benzene rings is 1. The Morgan fingerprint density at radius 3 is 2.89 bits per heavy atom. The number of methoxy groups -OCH3 is 1. The summed E-state index contributed by atoms with van der Waals surface area (Å²) >= 11 is 0. The molecule has 0 aliphatic rings. The van der Waals surface area contributed by atoms with Crippen molar-refractivity contribution in [2.24, 2.45) is 0 Å². The Balaban J connectivity index is 2.19. The van der Waals surface area contributed by atoms with Gasteiger partial charge in [0.15, 0.2) is 0 Å². The maximum Gasteiger partial charge on any atom is 0.335 e. The second-order valence-corrected chi connectivity index (χ2v) is 3.77. The van der Waals surface area contributed by atoms with Crippen molar-refractivity contribution in [3.63, 3.8) is 0 Å². The lowest BCUT2D eigenvalue weighted by atomic mass is 10.2. The Kier molecular flexibility index (Phi) is 6.83. The Morgan fingerprint density at radius 1 is 1.33 bits per heavy atom. The molecule has 0 unspecified atom stereocenters. The Morgan fingerprint density at radius 2 is 2.17 bits per heavy atom. The number of ether oxygens (including phenoxy) is 2. The highest BCUT2D eigenvalue weighted by molar-refractivity contribution is 5.88. The van der Waals surface area contributed by atoms with E-state index in [0.29, 0.717) is 19.8 Å². The highest BCUT2D eigenvalue weighted by Crippen LogP contribution is 2.10. The van der Waals surface area contributed by atoms with Gasteiger partial charge in [0, 0.05) is 25.9 Å². The molecule has 0 fully saturated rings. The zero-order valence-electron chi connectivity index (χ0n) is 10.5. The molecule has 0 heterocycles. The van der Waals surface area contributed by atoms with E-state index in [1.165, 1.54) is 0 Å². The van der Waals surface area contributed by atoms with E-state index in [2.05, 4.69) is 5.32 Å². The van der Waals surface area contributed by atoms with Crippen LogP contribution in [0.3, 0.4) is 0 Å². The fraction of sp³-hybridized carbons (Fsp3) is 0.462. The number of hydrogen-bond donors (Lipinski definition) is 2. The standard InChI is InChI=1S/C13H19NO4/c1-17-8-9-18-7-3-6-14-12-5-2-4-11(10-12)13(15)16/h2,4-5,10,14H,3,6-9H2,1H3,(H,15,16).